The summed E-state index contributed by atoms with van der Waals surface area (Å²) in [6, 6.07) is 0. The van der Waals surface area contributed by atoms with Gasteiger partial charge in [-0.3, -0.25) is 13.8 Å². The number of hydrogen-bond acceptors (Lipinski definition) is 5. The average Bonchev–Trinajstić information content (AvgIpc) is 3.12. The number of halogens is 1. The Morgan fingerprint density at radius 1 is 0.549 bits per heavy atom. The lowest BCUT2D eigenvalue weighted by molar-refractivity contribution is -0.122. The molecular formula is C42H85BrNO6P. The van der Waals surface area contributed by atoms with E-state index in [-0.39, 0.29) is 25.7 Å². The number of rotatable bonds is 43. The van der Waals surface area contributed by atoms with Crippen LogP contribution in [-0.4, -0.2) is 48.6 Å². The van der Waals surface area contributed by atoms with Crippen molar-refractivity contribution in [3.63, 3.8) is 0 Å². The van der Waals surface area contributed by atoms with E-state index in [9.17, 15) is 14.3 Å². The Labute approximate surface area is 325 Å². The molecule has 9 heteroatoms. The molecule has 2 N–H and O–H groups in total. The van der Waals surface area contributed by atoms with E-state index in [4.69, 9.17) is 13.8 Å². The zero-order chi connectivity index (χ0) is 37.4. The minimum absolute atomic E-state index is 0.00109. The summed E-state index contributed by atoms with van der Waals surface area (Å²) in [5.74, 6) is -0.00109. The molecule has 0 fully saturated rings. The van der Waals surface area contributed by atoms with Gasteiger partial charge in [-0.1, -0.05) is 222 Å². The minimum atomic E-state index is -4.16. The maximum Gasteiger partial charge on any atom is 0.472 e. The average molecular weight is 811 g/mol. The van der Waals surface area contributed by atoms with Gasteiger partial charge in [-0.2, -0.15) is 0 Å². The Kier molecular flexibility index (Phi) is 41.2. The quantitative estimate of drug-likeness (QED) is 0.0362. The number of hydrogen-bond donors (Lipinski definition) is 2. The van der Waals surface area contributed by atoms with E-state index < -0.39 is 13.9 Å². The summed E-state index contributed by atoms with van der Waals surface area (Å²) in [6.45, 7) is 5.33. The van der Waals surface area contributed by atoms with Crippen molar-refractivity contribution < 1.29 is 28.0 Å². The normalized spacial score (nSPS) is 13.4. The monoisotopic (exact) mass is 810 g/mol. The molecular weight excluding hydrogens is 725 g/mol. The van der Waals surface area contributed by atoms with Crippen LogP contribution in [0.3, 0.4) is 0 Å². The first kappa shape index (κ1) is 51.0. The van der Waals surface area contributed by atoms with Gasteiger partial charge in [-0.05, 0) is 12.8 Å². The molecule has 51 heavy (non-hydrogen) atoms. The van der Waals surface area contributed by atoms with Crippen LogP contribution in [0, 0.1) is 0 Å². The van der Waals surface area contributed by atoms with Crippen molar-refractivity contribution in [3.05, 3.63) is 0 Å². The smallest absolute Gasteiger partial charge is 0.374 e. The summed E-state index contributed by atoms with van der Waals surface area (Å²) in [7, 11) is -4.16. The Balaban J connectivity index is 3.96. The van der Waals surface area contributed by atoms with Crippen LogP contribution in [0.1, 0.15) is 226 Å². The molecule has 0 spiro atoms. The van der Waals surface area contributed by atoms with E-state index in [1.165, 1.54) is 180 Å². The predicted molar refractivity (Wildman–Crippen MR) is 222 cm³/mol. The Morgan fingerprint density at radius 3 is 1.27 bits per heavy atom. The highest BCUT2D eigenvalue weighted by atomic mass is 79.9. The van der Waals surface area contributed by atoms with Gasteiger partial charge in [-0.15, -0.1) is 0 Å². The molecule has 0 saturated carbocycles. The molecule has 0 aliphatic carbocycles. The molecule has 0 rings (SSSR count). The Morgan fingerprint density at radius 2 is 0.902 bits per heavy atom. The molecule has 0 aromatic carbocycles. The number of carbonyl (C=O) groups excluding carboxylic acids is 1. The van der Waals surface area contributed by atoms with E-state index >= 15 is 0 Å². The number of ether oxygens (including phenoxy) is 1. The van der Waals surface area contributed by atoms with E-state index in [1.807, 2.05) is 0 Å². The molecule has 0 aromatic heterocycles. The van der Waals surface area contributed by atoms with Crippen LogP contribution in [0.25, 0.3) is 0 Å². The van der Waals surface area contributed by atoms with Crippen molar-refractivity contribution in [2.45, 2.75) is 232 Å². The van der Waals surface area contributed by atoms with Crippen molar-refractivity contribution in [1.29, 1.82) is 0 Å². The molecule has 2 unspecified atom stereocenters. The fraction of sp³-hybridized carbons (Fsp3) is 0.976. The predicted octanol–water partition coefficient (Wildman–Crippen LogP) is 13.9. The summed E-state index contributed by atoms with van der Waals surface area (Å²) in [4.78, 5) is 22.5. The minimum Gasteiger partial charge on any atom is -0.374 e. The van der Waals surface area contributed by atoms with Crippen LogP contribution < -0.4 is 5.32 Å². The number of carbonyl (C=O) groups is 1. The number of amides is 1. The van der Waals surface area contributed by atoms with Crippen molar-refractivity contribution in [2.24, 2.45) is 0 Å². The second kappa shape index (κ2) is 41.2. The first-order valence-corrected chi connectivity index (χ1v) is 24.6. The van der Waals surface area contributed by atoms with Gasteiger partial charge in [0.2, 0.25) is 5.91 Å². The number of phosphoric ester groups is 1. The highest BCUT2D eigenvalue weighted by Gasteiger charge is 2.23. The second-order valence-corrected chi connectivity index (χ2v) is 17.2. The van der Waals surface area contributed by atoms with Crippen molar-refractivity contribution in [3.8, 4) is 0 Å². The first-order chi connectivity index (χ1) is 24.9. The number of nitrogens with one attached hydrogen (secondary N) is 1. The van der Waals surface area contributed by atoms with Crippen LogP contribution in [-0.2, 0) is 23.1 Å². The lowest BCUT2D eigenvalue weighted by Crippen LogP contribution is -2.36. The Bertz CT molecular complexity index is 761. The van der Waals surface area contributed by atoms with Crippen LogP contribution in [0.4, 0.5) is 0 Å². The third-order valence-electron chi connectivity index (χ3n) is 9.89. The highest BCUT2D eigenvalue weighted by molar-refractivity contribution is 9.09. The van der Waals surface area contributed by atoms with E-state index in [1.54, 1.807) is 0 Å². The molecule has 2 atom stereocenters. The standard InChI is InChI=1S/C42H85BrNO6P/c1-3-5-7-9-11-13-15-17-19-20-22-24-26-28-30-32-34-37-48-41(40-50-51(46,47)49-38-36-43)39-44-42(45)35-33-31-29-27-25-23-21-18-16-14-12-10-8-6-4-2/h41H,3-40H2,1-2H3,(H,44,45)(H,46,47). The third-order valence-corrected chi connectivity index (χ3v) is 11.2. The van der Waals surface area contributed by atoms with Gasteiger partial charge >= 0.3 is 7.82 Å². The Hall–Kier alpha value is 0.0200. The highest BCUT2D eigenvalue weighted by Crippen LogP contribution is 2.43. The van der Waals surface area contributed by atoms with Crippen molar-refractivity contribution >= 4 is 29.7 Å². The fourth-order valence-corrected chi connectivity index (χ4v) is 7.74. The number of unbranched alkanes of at least 4 members (excludes halogenated alkanes) is 30. The summed E-state index contributed by atoms with van der Waals surface area (Å²) in [5, 5.41) is 3.40. The molecule has 0 aliphatic heterocycles. The molecule has 0 aliphatic rings. The lowest BCUT2D eigenvalue weighted by atomic mass is 10.0. The van der Waals surface area contributed by atoms with E-state index in [2.05, 4.69) is 35.1 Å². The van der Waals surface area contributed by atoms with Crippen LogP contribution in [0.2, 0.25) is 0 Å². The summed E-state index contributed by atoms with van der Waals surface area (Å²) < 4.78 is 28.3. The third kappa shape index (κ3) is 41.0. The molecule has 306 valence electrons. The number of phosphoric acid groups is 1. The van der Waals surface area contributed by atoms with Gasteiger partial charge < -0.3 is 14.9 Å². The second-order valence-electron chi connectivity index (χ2n) is 14.9. The molecule has 0 radical (unpaired) electrons. The van der Waals surface area contributed by atoms with Gasteiger partial charge in [0, 0.05) is 24.9 Å². The topological polar surface area (TPSA) is 94.1 Å². The molecule has 7 nitrogen and oxygen atoms in total. The molecule has 0 bridgehead atoms. The van der Waals surface area contributed by atoms with Gasteiger partial charge in [0.05, 0.1) is 19.3 Å². The summed E-state index contributed by atoms with van der Waals surface area (Å²) in [5.41, 5.74) is 0. The number of alkyl halides is 1. The SMILES string of the molecule is CCCCCCCCCCCCCCCCCCCOC(CNC(=O)CCCCCCCCCCCCCCCCC)COP(=O)(O)OCCBr. The maximum absolute atomic E-state index is 12.5. The van der Waals surface area contributed by atoms with Gasteiger partial charge in [0.25, 0.3) is 0 Å². The molecule has 0 aromatic rings. The lowest BCUT2D eigenvalue weighted by Gasteiger charge is -2.20. The fourth-order valence-electron chi connectivity index (χ4n) is 6.58. The largest absolute Gasteiger partial charge is 0.472 e. The zero-order valence-corrected chi connectivity index (χ0v) is 36.2. The maximum atomic E-state index is 12.5. The summed E-state index contributed by atoms with van der Waals surface area (Å²) in [6.07, 6.45) is 42.0. The van der Waals surface area contributed by atoms with Crippen LogP contribution >= 0.6 is 23.8 Å². The van der Waals surface area contributed by atoms with Crippen LogP contribution in [0.5, 0.6) is 0 Å². The molecule has 0 heterocycles. The van der Waals surface area contributed by atoms with Gasteiger partial charge in [0.1, 0.15) is 0 Å². The zero-order valence-electron chi connectivity index (χ0n) is 33.8. The molecule has 0 saturated heterocycles. The van der Waals surface area contributed by atoms with Crippen molar-refractivity contribution in [1.82, 2.24) is 5.32 Å². The van der Waals surface area contributed by atoms with Gasteiger partial charge in [0.15, 0.2) is 0 Å². The first-order valence-electron chi connectivity index (χ1n) is 22.0. The van der Waals surface area contributed by atoms with E-state index in [0.717, 1.165) is 25.7 Å². The van der Waals surface area contributed by atoms with Crippen LogP contribution in [0.15, 0.2) is 0 Å². The van der Waals surface area contributed by atoms with Crippen molar-refractivity contribution in [2.75, 3.05) is 31.7 Å². The molecule has 1 amide bonds. The summed E-state index contributed by atoms with van der Waals surface area (Å²) >= 11 is 3.19. The van der Waals surface area contributed by atoms with E-state index in [0.29, 0.717) is 18.4 Å². The van der Waals surface area contributed by atoms with Gasteiger partial charge in [-0.25, -0.2) is 4.57 Å².